The first-order valence-corrected chi connectivity index (χ1v) is 8.20. The third-order valence-electron chi connectivity index (χ3n) is 4.04. The lowest BCUT2D eigenvalue weighted by molar-refractivity contribution is 0.0795. The largest absolute Gasteiger partial charge is 0.497 e. The fraction of sp³-hybridized carbons (Fsp3) is 0.353. The van der Waals surface area contributed by atoms with Crippen molar-refractivity contribution in [2.45, 2.75) is 19.4 Å². The first-order valence-electron chi connectivity index (χ1n) is 7.38. The van der Waals surface area contributed by atoms with E-state index < -0.39 is 0 Å². The van der Waals surface area contributed by atoms with Gasteiger partial charge in [-0.25, -0.2) is 0 Å². The summed E-state index contributed by atoms with van der Waals surface area (Å²) < 4.78 is 5.19. The molecule has 1 unspecified atom stereocenters. The van der Waals surface area contributed by atoms with Crippen LogP contribution in [0, 0.1) is 6.92 Å². The number of carbonyl (C=O) groups excluding carboxylic acids is 1. The van der Waals surface area contributed by atoms with E-state index in [0.717, 1.165) is 39.6 Å². The molecule has 0 spiro atoms. The van der Waals surface area contributed by atoms with E-state index in [1.807, 2.05) is 35.2 Å². The first kappa shape index (κ1) is 15.1. The van der Waals surface area contributed by atoms with Crippen LogP contribution in [0.3, 0.4) is 0 Å². The summed E-state index contributed by atoms with van der Waals surface area (Å²) in [5.41, 5.74) is 8.11. The van der Waals surface area contributed by atoms with Gasteiger partial charge in [-0.15, -0.1) is 11.3 Å². The third kappa shape index (κ3) is 2.87. The summed E-state index contributed by atoms with van der Waals surface area (Å²) in [6.45, 7) is 3.47. The second-order valence-electron chi connectivity index (χ2n) is 5.61. The van der Waals surface area contributed by atoms with Gasteiger partial charge in [0.15, 0.2) is 0 Å². The highest BCUT2D eigenvalue weighted by molar-refractivity contribution is 7.14. The van der Waals surface area contributed by atoms with E-state index in [1.165, 1.54) is 0 Å². The van der Waals surface area contributed by atoms with Gasteiger partial charge in [-0.3, -0.25) is 4.79 Å². The van der Waals surface area contributed by atoms with Crippen molar-refractivity contribution < 1.29 is 9.53 Å². The van der Waals surface area contributed by atoms with E-state index in [0.29, 0.717) is 6.54 Å². The maximum atomic E-state index is 12.6. The Morgan fingerprint density at radius 3 is 2.68 bits per heavy atom. The van der Waals surface area contributed by atoms with Gasteiger partial charge in [0.25, 0.3) is 5.91 Å². The second kappa shape index (κ2) is 6.10. The van der Waals surface area contributed by atoms with Crippen LogP contribution < -0.4 is 10.5 Å². The van der Waals surface area contributed by atoms with Gasteiger partial charge in [-0.05, 0) is 42.7 Å². The molecule has 5 heteroatoms. The maximum Gasteiger partial charge on any atom is 0.264 e. The Bertz CT molecular complexity index is 678. The van der Waals surface area contributed by atoms with E-state index >= 15 is 0 Å². The molecule has 3 rings (SSSR count). The van der Waals surface area contributed by atoms with Gasteiger partial charge in [-0.2, -0.15) is 0 Å². The van der Waals surface area contributed by atoms with Crippen molar-refractivity contribution in [3.05, 3.63) is 40.1 Å². The maximum absolute atomic E-state index is 12.6. The number of rotatable bonds is 3. The van der Waals surface area contributed by atoms with Crippen molar-refractivity contribution in [1.82, 2.24) is 4.90 Å². The zero-order valence-electron chi connectivity index (χ0n) is 12.8. The smallest absolute Gasteiger partial charge is 0.264 e. The molecule has 1 atom stereocenters. The normalized spacial score (nSPS) is 17.8. The predicted octanol–water partition coefficient (Wildman–Crippen LogP) is 2.91. The van der Waals surface area contributed by atoms with Crippen LogP contribution in [0.2, 0.25) is 0 Å². The Morgan fingerprint density at radius 1 is 1.36 bits per heavy atom. The summed E-state index contributed by atoms with van der Waals surface area (Å²) in [4.78, 5) is 16.3. The van der Waals surface area contributed by atoms with E-state index in [-0.39, 0.29) is 11.9 Å². The molecule has 0 bridgehead atoms. The van der Waals surface area contributed by atoms with Gasteiger partial charge in [0.05, 0.1) is 12.0 Å². The molecule has 1 fully saturated rings. The summed E-state index contributed by atoms with van der Waals surface area (Å²) >= 11 is 1.55. The molecule has 0 aliphatic carbocycles. The molecule has 22 heavy (non-hydrogen) atoms. The number of ether oxygens (including phenoxy) is 1. The van der Waals surface area contributed by atoms with Crippen molar-refractivity contribution in [2.24, 2.45) is 5.73 Å². The van der Waals surface area contributed by atoms with Crippen molar-refractivity contribution >= 4 is 17.2 Å². The molecular formula is C17H20N2O2S. The highest BCUT2D eigenvalue weighted by Crippen LogP contribution is 2.33. The lowest BCUT2D eigenvalue weighted by atomic mass is 10.1. The molecule has 4 nitrogen and oxygen atoms in total. The Kier molecular flexibility index (Phi) is 4.18. The standard InChI is InChI=1S/C17H20N2O2S/c1-11-15(12-3-5-14(21-2)6-4-12)9-16(22-11)17(20)19-8-7-13(18)10-19/h3-6,9,13H,7-8,10,18H2,1-2H3. The lowest BCUT2D eigenvalue weighted by Crippen LogP contribution is -2.31. The van der Waals surface area contributed by atoms with Crippen LogP contribution in [0.15, 0.2) is 30.3 Å². The van der Waals surface area contributed by atoms with Gasteiger partial charge >= 0.3 is 0 Å². The molecule has 1 saturated heterocycles. The predicted molar refractivity (Wildman–Crippen MR) is 89.5 cm³/mol. The van der Waals surface area contributed by atoms with Crippen molar-refractivity contribution in [1.29, 1.82) is 0 Å². The van der Waals surface area contributed by atoms with Crippen LogP contribution in [-0.4, -0.2) is 37.0 Å². The minimum atomic E-state index is 0.0980. The number of hydrogen-bond acceptors (Lipinski definition) is 4. The first-order chi connectivity index (χ1) is 10.6. The van der Waals surface area contributed by atoms with E-state index in [4.69, 9.17) is 10.5 Å². The van der Waals surface area contributed by atoms with Crippen LogP contribution in [0.5, 0.6) is 5.75 Å². The third-order valence-corrected chi connectivity index (χ3v) is 5.08. The average molecular weight is 316 g/mol. The van der Waals surface area contributed by atoms with Gasteiger partial charge in [0, 0.05) is 24.0 Å². The molecule has 0 saturated carbocycles. The van der Waals surface area contributed by atoms with Gasteiger partial charge in [0.2, 0.25) is 0 Å². The SMILES string of the molecule is COc1ccc(-c2cc(C(=O)N3CCC(N)C3)sc2C)cc1. The topological polar surface area (TPSA) is 55.6 Å². The molecule has 1 aromatic carbocycles. The number of hydrogen-bond donors (Lipinski definition) is 1. The lowest BCUT2D eigenvalue weighted by Gasteiger charge is -2.14. The van der Waals surface area contributed by atoms with E-state index in [2.05, 4.69) is 6.92 Å². The molecule has 1 aliphatic rings. The number of amides is 1. The summed E-state index contributed by atoms with van der Waals surface area (Å²) in [7, 11) is 1.66. The van der Waals surface area contributed by atoms with E-state index in [1.54, 1.807) is 18.4 Å². The molecule has 2 heterocycles. The summed E-state index contributed by atoms with van der Waals surface area (Å²) in [5, 5.41) is 0. The van der Waals surface area contributed by atoms with Crippen molar-refractivity contribution in [2.75, 3.05) is 20.2 Å². The van der Waals surface area contributed by atoms with Crippen LogP contribution >= 0.6 is 11.3 Å². The Labute approximate surface area is 134 Å². The molecule has 0 radical (unpaired) electrons. The number of methoxy groups -OCH3 is 1. The van der Waals surface area contributed by atoms with Gasteiger partial charge < -0.3 is 15.4 Å². The zero-order chi connectivity index (χ0) is 15.7. The minimum absolute atomic E-state index is 0.0980. The molecule has 1 amide bonds. The molecular weight excluding hydrogens is 296 g/mol. The van der Waals surface area contributed by atoms with E-state index in [9.17, 15) is 4.79 Å². The fourth-order valence-electron chi connectivity index (χ4n) is 2.77. The van der Waals surface area contributed by atoms with Gasteiger partial charge in [-0.1, -0.05) is 12.1 Å². The van der Waals surface area contributed by atoms with Crippen LogP contribution in [0.4, 0.5) is 0 Å². The summed E-state index contributed by atoms with van der Waals surface area (Å²) in [6, 6.07) is 10.0. The van der Waals surface area contributed by atoms with Crippen LogP contribution in [-0.2, 0) is 0 Å². The van der Waals surface area contributed by atoms with Crippen molar-refractivity contribution in [3.63, 3.8) is 0 Å². The number of benzene rings is 1. The number of nitrogens with two attached hydrogens (primary N) is 1. The minimum Gasteiger partial charge on any atom is -0.497 e. The average Bonchev–Trinajstić information content (AvgIpc) is 3.13. The molecule has 1 aromatic heterocycles. The highest BCUT2D eigenvalue weighted by Gasteiger charge is 2.26. The summed E-state index contributed by atoms with van der Waals surface area (Å²) in [5.74, 6) is 0.930. The highest BCUT2D eigenvalue weighted by atomic mass is 32.1. The van der Waals surface area contributed by atoms with Crippen molar-refractivity contribution in [3.8, 4) is 16.9 Å². The second-order valence-corrected chi connectivity index (χ2v) is 6.87. The molecule has 116 valence electrons. The molecule has 2 aromatic rings. The fourth-order valence-corrected chi connectivity index (χ4v) is 3.78. The summed E-state index contributed by atoms with van der Waals surface area (Å²) in [6.07, 6.45) is 0.890. The number of nitrogens with zero attached hydrogens (tertiary/aromatic N) is 1. The Hall–Kier alpha value is -1.85. The van der Waals surface area contributed by atoms with Crippen LogP contribution in [0.1, 0.15) is 21.0 Å². The zero-order valence-corrected chi connectivity index (χ0v) is 13.7. The number of thiophene rings is 1. The van der Waals surface area contributed by atoms with Crippen LogP contribution in [0.25, 0.3) is 11.1 Å². The number of carbonyl (C=O) groups is 1. The number of likely N-dealkylation sites (tertiary alicyclic amines) is 1. The monoisotopic (exact) mass is 316 g/mol. The molecule has 2 N–H and O–H groups in total. The molecule has 1 aliphatic heterocycles. The quantitative estimate of drug-likeness (QED) is 0.947. The Morgan fingerprint density at radius 2 is 2.09 bits per heavy atom. The number of aryl methyl sites for hydroxylation is 1. The Balaban J connectivity index is 1.85. The van der Waals surface area contributed by atoms with Gasteiger partial charge in [0.1, 0.15) is 5.75 Å².